The van der Waals surface area contributed by atoms with Gasteiger partial charge in [0.15, 0.2) is 0 Å². The number of nitrogens with zero attached hydrogens (tertiary/aromatic N) is 1. The van der Waals surface area contributed by atoms with Crippen LogP contribution in [0.4, 0.5) is 4.39 Å². The van der Waals surface area contributed by atoms with Crippen LogP contribution in [0.2, 0.25) is 5.02 Å². The smallest absolute Gasteiger partial charge is 0.241 e. The van der Waals surface area contributed by atoms with Gasteiger partial charge in [-0.2, -0.15) is 0 Å². The number of rotatable bonds is 6. The molecule has 2 aromatic carbocycles. The van der Waals surface area contributed by atoms with E-state index in [4.69, 9.17) is 28.6 Å². The van der Waals surface area contributed by atoms with Crippen LogP contribution < -0.4 is 4.74 Å². The molecule has 1 aliphatic rings. The molecule has 2 aromatic rings. The minimum atomic E-state index is -0.301. The first-order valence-electron chi connectivity index (χ1n) is 8.15. The van der Waals surface area contributed by atoms with Crippen molar-refractivity contribution in [3.8, 4) is 5.75 Å². The Balaban J connectivity index is 1.64. The van der Waals surface area contributed by atoms with Crippen molar-refractivity contribution >= 4 is 45.8 Å². The number of hydrogen-bond acceptors (Lipinski definition) is 4. The highest BCUT2D eigenvalue weighted by Crippen LogP contribution is 2.32. The number of carbonyl (C=O) groups excluding carboxylic acids is 1. The van der Waals surface area contributed by atoms with E-state index in [1.807, 2.05) is 13.0 Å². The second-order valence-corrected chi connectivity index (χ2v) is 8.09. The molecule has 0 radical (unpaired) electrons. The molecule has 136 valence electrons. The maximum atomic E-state index is 13.2. The molecule has 0 spiro atoms. The minimum absolute atomic E-state index is 0.0463. The molecule has 26 heavy (non-hydrogen) atoms. The van der Waals surface area contributed by atoms with Crippen LogP contribution in [0.3, 0.4) is 0 Å². The van der Waals surface area contributed by atoms with Gasteiger partial charge in [0.05, 0.1) is 10.3 Å². The zero-order chi connectivity index (χ0) is 18.7. The molecule has 3 rings (SSSR count). The summed E-state index contributed by atoms with van der Waals surface area (Å²) >= 11 is 13.0. The molecule has 0 aromatic heterocycles. The average Bonchev–Trinajstić information content (AvgIpc) is 2.87. The van der Waals surface area contributed by atoms with Gasteiger partial charge in [0.2, 0.25) is 5.91 Å². The highest BCUT2D eigenvalue weighted by atomic mass is 35.5. The first-order valence-corrected chi connectivity index (χ1v) is 9.82. The Labute approximate surface area is 166 Å². The van der Waals surface area contributed by atoms with Crippen LogP contribution >= 0.6 is 35.6 Å². The number of ether oxygens (including phenoxy) is 1. The summed E-state index contributed by atoms with van der Waals surface area (Å²) in [7, 11) is 0. The Morgan fingerprint density at radius 1 is 1.27 bits per heavy atom. The standard InChI is InChI=1S/C19H17ClFNO2S2/c1-2-22-18(23)17(26-19(22)25)10-12-6-7-16(15(20)9-12)24-11-13-4-3-5-14(21)8-13/h3-9,17H,2,10-11H2,1H3/t17-/m1/s1. The number of carbonyl (C=O) groups is 1. The Morgan fingerprint density at radius 3 is 2.73 bits per heavy atom. The Bertz CT molecular complexity index is 846. The van der Waals surface area contributed by atoms with Crippen molar-refractivity contribution < 1.29 is 13.9 Å². The van der Waals surface area contributed by atoms with Gasteiger partial charge in [-0.1, -0.05) is 53.8 Å². The third-order valence-electron chi connectivity index (χ3n) is 4.02. The van der Waals surface area contributed by atoms with Gasteiger partial charge >= 0.3 is 0 Å². The van der Waals surface area contributed by atoms with Gasteiger partial charge in [-0.15, -0.1) is 0 Å². The topological polar surface area (TPSA) is 29.5 Å². The molecule has 1 atom stereocenters. The minimum Gasteiger partial charge on any atom is -0.487 e. The van der Waals surface area contributed by atoms with E-state index < -0.39 is 0 Å². The lowest BCUT2D eigenvalue weighted by atomic mass is 10.1. The van der Waals surface area contributed by atoms with Crippen molar-refractivity contribution in [1.29, 1.82) is 0 Å². The average molecular weight is 410 g/mol. The normalized spacial score (nSPS) is 17.0. The van der Waals surface area contributed by atoms with Gasteiger partial charge in [-0.3, -0.25) is 9.69 Å². The zero-order valence-electron chi connectivity index (χ0n) is 14.1. The molecule has 0 N–H and O–H groups in total. The molecule has 1 heterocycles. The number of hydrogen-bond donors (Lipinski definition) is 0. The fraction of sp³-hybridized carbons (Fsp3) is 0.263. The molecule has 1 saturated heterocycles. The van der Waals surface area contributed by atoms with E-state index in [1.54, 1.807) is 29.2 Å². The van der Waals surface area contributed by atoms with Crippen LogP contribution in [0.1, 0.15) is 18.1 Å². The zero-order valence-corrected chi connectivity index (χ0v) is 16.5. The molecule has 1 fully saturated rings. The van der Waals surface area contributed by atoms with Gasteiger partial charge in [0.1, 0.15) is 22.5 Å². The van der Waals surface area contributed by atoms with Crippen LogP contribution in [-0.2, 0) is 17.8 Å². The third-order valence-corrected chi connectivity index (χ3v) is 5.90. The molecule has 0 saturated carbocycles. The molecule has 0 unspecified atom stereocenters. The van der Waals surface area contributed by atoms with Crippen LogP contribution in [0.15, 0.2) is 42.5 Å². The number of amides is 1. The maximum Gasteiger partial charge on any atom is 0.241 e. The van der Waals surface area contributed by atoms with E-state index in [-0.39, 0.29) is 23.6 Å². The second-order valence-electron chi connectivity index (χ2n) is 5.84. The highest BCUT2D eigenvalue weighted by molar-refractivity contribution is 8.24. The quantitative estimate of drug-likeness (QED) is 0.638. The number of halogens is 2. The predicted molar refractivity (Wildman–Crippen MR) is 107 cm³/mol. The largest absolute Gasteiger partial charge is 0.487 e. The fourth-order valence-electron chi connectivity index (χ4n) is 2.70. The van der Waals surface area contributed by atoms with Gasteiger partial charge in [-0.25, -0.2) is 4.39 Å². The van der Waals surface area contributed by atoms with Crippen LogP contribution in [0.5, 0.6) is 5.75 Å². The highest BCUT2D eigenvalue weighted by Gasteiger charge is 2.35. The summed E-state index contributed by atoms with van der Waals surface area (Å²) in [5.41, 5.74) is 1.67. The molecule has 0 bridgehead atoms. The van der Waals surface area contributed by atoms with Gasteiger partial charge in [0, 0.05) is 6.54 Å². The summed E-state index contributed by atoms with van der Waals surface area (Å²) in [6, 6.07) is 11.7. The van der Waals surface area contributed by atoms with Crippen molar-refractivity contribution in [1.82, 2.24) is 4.90 Å². The lowest BCUT2D eigenvalue weighted by molar-refractivity contribution is -0.125. The molecule has 1 aliphatic heterocycles. The Hall–Kier alpha value is -1.63. The van der Waals surface area contributed by atoms with Gasteiger partial charge < -0.3 is 4.74 Å². The SMILES string of the molecule is CCN1C(=O)[C@@H](Cc2ccc(OCc3cccc(F)c3)c(Cl)c2)SC1=S. The lowest BCUT2D eigenvalue weighted by Gasteiger charge is -2.13. The fourth-order valence-corrected chi connectivity index (χ4v) is 4.62. The van der Waals surface area contributed by atoms with E-state index in [0.29, 0.717) is 28.1 Å². The van der Waals surface area contributed by atoms with Crippen molar-refractivity contribution in [2.45, 2.75) is 25.2 Å². The Morgan fingerprint density at radius 2 is 2.08 bits per heavy atom. The van der Waals surface area contributed by atoms with Crippen molar-refractivity contribution in [3.05, 3.63) is 64.4 Å². The molecular weight excluding hydrogens is 393 g/mol. The van der Waals surface area contributed by atoms with Crippen molar-refractivity contribution in [3.63, 3.8) is 0 Å². The maximum absolute atomic E-state index is 13.2. The van der Waals surface area contributed by atoms with Gasteiger partial charge in [-0.05, 0) is 48.7 Å². The van der Waals surface area contributed by atoms with Crippen LogP contribution in [-0.4, -0.2) is 26.9 Å². The number of thiocarbonyl (C=S) groups is 1. The summed E-state index contributed by atoms with van der Waals surface area (Å²) in [6.45, 7) is 2.73. The van der Waals surface area contributed by atoms with E-state index in [1.165, 1.54) is 23.9 Å². The molecular formula is C19H17ClFNO2S2. The van der Waals surface area contributed by atoms with Crippen LogP contribution in [0, 0.1) is 5.82 Å². The molecule has 0 aliphatic carbocycles. The summed E-state index contributed by atoms with van der Waals surface area (Å²) < 4.78 is 19.5. The monoisotopic (exact) mass is 409 g/mol. The van der Waals surface area contributed by atoms with Gasteiger partial charge in [0.25, 0.3) is 0 Å². The first-order chi connectivity index (χ1) is 12.5. The summed E-state index contributed by atoms with van der Waals surface area (Å²) in [5.74, 6) is 0.270. The summed E-state index contributed by atoms with van der Waals surface area (Å²) in [5, 5.41) is 0.252. The molecule has 1 amide bonds. The van der Waals surface area contributed by atoms with E-state index >= 15 is 0 Å². The predicted octanol–water partition coefficient (Wildman–Crippen LogP) is 4.85. The number of benzene rings is 2. The second kappa shape index (κ2) is 8.37. The van der Waals surface area contributed by atoms with E-state index in [0.717, 1.165) is 11.1 Å². The summed E-state index contributed by atoms with van der Waals surface area (Å²) in [4.78, 5) is 13.9. The summed E-state index contributed by atoms with van der Waals surface area (Å²) in [6.07, 6.45) is 0.560. The Kier molecular flexibility index (Phi) is 6.16. The van der Waals surface area contributed by atoms with Crippen molar-refractivity contribution in [2.75, 3.05) is 6.54 Å². The van der Waals surface area contributed by atoms with E-state index in [9.17, 15) is 9.18 Å². The molecule has 3 nitrogen and oxygen atoms in total. The third kappa shape index (κ3) is 4.37. The van der Waals surface area contributed by atoms with Crippen molar-refractivity contribution in [2.24, 2.45) is 0 Å². The van der Waals surface area contributed by atoms with Crippen LogP contribution in [0.25, 0.3) is 0 Å². The lowest BCUT2D eigenvalue weighted by Crippen LogP contribution is -2.31. The number of thioether (sulfide) groups is 1. The molecule has 7 heteroatoms. The van der Waals surface area contributed by atoms with E-state index in [2.05, 4.69) is 0 Å². The first kappa shape index (κ1) is 19.1.